The normalized spacial score (nSPS) is 23.5. The van der Waals surface area contributed by atoms with Crippen molar-refractivity contribution in [1.29, 1.82) is 5.41 Å². The van der Waals surface area contributed by atoms with Gasteiger partial charge in [-0.05, 0) is 18.8 Å². The third-order valence-electron chi connectivity index (χ3n) is 3.22. The fourth-order valence-electron chi connectivity index (χ4n) is 2.10. The van der Waals surface area contributed by atoms with E-state index >= 15 is 0 Å². The molecule has 0 amide bonds. The highest BCUT2D eigenvalue weighted by Crippen LogP contribution is 2.40. The van der Waals surface area contributed by atoms with Crippen LogP contribution in [0, 0.1) is 16.7 Å². The maximum absolute atomic E-state index is 7.45. The Morgan fingerprint density at radius 2 is 1.73 bits per heavy atom. The highest BCUT2D eigenvalue weighted by molar-refractivity contribution is 5.62. The molecule has 0 aromatic heterocycles. The summed E-state index contributed by atoms with van der Waals surface area (Å²) in [5.41, 5.74) is 0.262. The van der Waals surface area contributed by atoms with Gasteiger partial charge >= 0.3 is 0 Å². The Kier molecular flexibility index (Phi) is 2.69. The minimum absolute atomic E-state index is 0.262. The quantitative estimate of drug-likeness (QED) is 0.589. The van der Waals surface area contributed by atoms with Gasteiger partial charge in [0.15, 0.2) is 0 Å². The Bertz CT molecular complexity index is 132. The van der Waals surface area contributed by atoms with Crippen LogP contribution in [0.3, 0.4) is 0 Å². The van der Waals surface area contributed by atoms with Crippen molar-refractivity contribution in [2.45, 2.75) is 46.0 Å². The fraction of sp³-hybridized carbons (Fsp3) is 0.900. The van der Waals surface area contributed by atoms with E-state index in [1.807, 2.05) is 0 Å². The molecule has 1 N–H and O–H groups in total. The van der Waals surface area contributed by atoms with Crippen LogP contribution in [0.2, 0.25) is 0 Å². The Balaban J connectivity index is 2.64. The van der Waals surface area contributed by atoms with E-state index in [4.69, 9.17) is 5.41 Å². The lowest BCUT2D eigenvalue weighted by Crippen LogP contribution is -2.31. The van der Waals surface area contributed by atoms with E-state index in [-0.39, 0.29) is 5.41 Å². The molecule has 0 unspecified atom stereocenters. The van der Waals surface area contributed by atoms with Crippen LogP contribution in [-0.4, -0.2) is 6.21 Å². The Morgan fingerprint density at radius 3 is 2.00 bits per heavy atom. The first kappa shape index (κ1) is 8.76. The summed E-state index contributed by atoms with van der Waals surface area (Å²) >= 11 is 0. The van der Waals surface area contributed by atoms with Gasteiger partial charge in [0.1, 0.15) is 0 Å². The van der Waals surface area contributed by atoms with Crippen LogP contribution < -0.4 is 0 Å². The summed E-state index contributed by atoms with van der Waals surface area (Å²) in [6.07, 6.45) is 8.22. The predicted octanol–water partition coefficient (Wildman–Crippen LogP) is 3.24. The molecular formula is C10H19N. The van der Waals surface area contributed by atoms with Crippen LogP contribution >= 0.6 is 0 Å². The maximum Gasteiger partial charge on any atom is 0.00725 e. The van der Waals surface area contributed by atoms with E-state index in [1.165, 1.54) is 32.1 Å². The third kappa shape index (κ3) is 1.63. The first-order chi connectivity index (χ1) is 5.21. The molecule has 0 aromatic carbocycles. The lowest BCUT2D eigenvalue weighted by molar-refractivity contribution is 0.212. The molecule has 0 aromatic rings. The van der Waals surface area contributed by atoms with Crippen LogP contribution in [0.5, 0.6) is 0 Å². The van der Waals surface area contributed by atoms with Crippen LogP contribution in [0.1, 0.15) is 46.0 Å². The van der Waals surface area contributed by atoms with Crippen molar-refractivity contribution in [1.82, 2.24) is 0 Å². The lowest BCUT2D eigenvalue weighted by atomic mass is 9.68. The van der Waals surface area contributed by atoms with Gasteiger partial charge in [0.05, 0.1) is 0 Å². The van der Waals surface area contributed by atoms with Crippen molar-refractivity contribution in [3.63, 3.8) is 0 Å². The van der Waals surface area contributed by atoms with E-state index < -0.39 is 0 Å². The Morgan fingerprint density at radius 1 is 1.18 bits per heavy atom. The van der Waals surface area contributed by atoms with Crippen LogP contribution in [0.15, 0.2) is 0 Å². The summed E-state index contributed by atoms with van der Waals surface area (Å²) in [5.74, 6) is 0.653. The Hall–Kier alpha value is -0.330. The maximum atomic E-state index is 7.45. The molecule has 0 aliphatic heterocycles. The van der Waals surface area contributed by atoms with Crippen molar-refractivity contribution in [3.05, 3.63) is 0 Å². The minimum atomic E-state index is 0.262. The molecular weight excluding hydrogens is 134 g/mol. The fourth-order valence-corrected chi connectivity index (χ4v) is 2.10. The van der Waals surface area contributed by atoms with Gasteiger partial charge in [-0.2, -0.15) is 0 Å². The molecule has 1 nitrogen and oxygen atoms in total. The highest BCUT2D eigenvalue weighted by Gasteiger charge is 2.32. The van der Waals surface area contributed by atoms with Gasteiger partial charge in [-0.15, -0.1) is 0 Å². The zero-order valence-electron chi connectivity index (χ0n) is 7.69. The number of hydrogen-bond donors (Lipinski definition) is 1. The zero-order chi connectivity index (χ0) is 8.32. The molecule has 0 radical (unpaired) electrons. The minimum Gasteiger partial charge on any atom is -0.313 e. The number of nitrogens with one attached hydrogen (secondary N) is 1. The predicted molar refractivity (Wildman–Crippen MR) is 49.1 cm³/mol. The van der Waals surface area contributed by atoms with Crippen molar-refractivity contribution < 1.29 is 0 Å². The second kappa shape index (κ2) is 3.38. The average molecular weight is 153 g/mol. The standard InChI is InChI=1S/C10H19N/c1-9(2)10(8-11)6-4-3-5-7-10/h8-9,11H,3-7H2,1-2H3. The van der Waals surface area contributed by atoms with Crippen molar-refractivity contribution in [2.75, 3.05) is 0 Å². The summed E-state index contributed by atoms with van der Waals surface area (Å²) in [6.45, 7) is 4.49. The van der Waals surface area contributed by atoms with Crippen LogP contribution in [0.25, 0.3) is 0 Å². The van der Waals surface area contributed by atoms with Gasteiger partial charge in [0.2, 0.25) is 0 Å². The monoisotopic (exact) mass is 153 g/mol. The molecule has 0 bridgehead atoms. The molecule has 1 rings (SSSR count). The van der Waals surface area contributed by atoms with E-state index in [2.05, 4.69) is 13.8 Å². The van der Waals surface area contributed by atoms with E-state index in [9.17, 15) is 0 Å². The second-order valence-corrected chi connectivity index (χ2v) is 4.09. The van der Waals surface area contributed by atoms with Gasteiger partial charge in [-0.3, -0.25) is 0 Å². The lowest BCUT2D eigenvalue weighted by Gasteiger charge is -2.37. The molecule has 0 heterocycles. The second-order valence-electron chi connectivity index (χ2n) is 4.09. The third-order valence-corrected chi connectivity index (χ3v) is 3.22. The first-order valence-electron chi connectivity index (χ1n) is 4.73. The SMILES string of the molecule is CC(C)C1(C=N)CCCCC1. The molecule has 64 valence electrons. The Labute approximate surface area is 69.7 Å². The van der Waals surface area contributed by atoms with Crippen LogP contribution in [-0.2, 0) is 0 Å². The highest BCUT2D eigenvalue weighted by atomic mass is 14.5. The van der Waals surface area contributed by atoms with Gasteiger partial charge in [-0.25, -0.2) is 0 Å². The van der Waals surface area contributed by atoms with E-state index in [0.29, 0.717) is 5.92 Å². The smallest absolute Gasteiger partial charge is 0.00725 e. The molecule has 0 spiro atoms. The summed E-state index contributed by atoms with van der Waals surface area (Å²) in [6, 6.07) is 0. The van der Waals surface area contributed by atoms with Crippen molar-refractivity contribution in [3.8, 4) is 0 Å². The molecule has 0 saturated heterocycles. The van der Waals surface area contributed by atoms with Gasteiger partial charge in [-0.1, -0.05) is 33.1 Å². The summed E-state index contributed by atoms with van der Waals surface area (Å²) in [7, 11) is 0. The summed E-state index contributed by atoms with van der Waals surface area (Å²) in [4.78, 5) is 0. The molecule has 0 atom stereocenters. The zero-order valence-corrected chi connectivity index (χ0v) is 7.69. The number of hydrogen-bond acceptors (Lipinski definition) is 1. The first-order valence-corrected chi connectivity index (χ1v) is 4.73. The largest absolute Gasteiger partial charge is 0.313 e. The molecule has 11 heavy (non-hydrogen) atoms. The van der Waals surface area contributed by atoms with Gasteiger partial charge < -0.3 is 5.41 Å². The molecule has 1 saturated carbocycles. The van der Waals surface area contributed by atoms with Gasteiger partial charge in [0, 0.05) is 11.6 Å². The molecule has 1 aliphatic rings. The molecule has 1 fully saturated rings. The van der Waals surface area contributed by atoms with Crippen molar-refractivity contribution >= 4 is 6.21 Å². The van der Waals surface area contributed by atoms with E-state index in [1.54, 1.807) is 6.21 Å². The van der Waals surface area contributed by atoms with Crippen molar-refractivity contribution in [2.24, 2.45) is 11.3 Å². The molecule has 1 heteroatoms. The van der Waals surface area contributed by atoms with Gasteiger partial charge in [0.25, 0.3) is 0 Å². The van der Waals surface area contributed by atoms with Crippen LogP contribution in [0.4, 0.5) is 0 Å². The van der Waals surface area contributed by atoms with E-state index in [0.717, 1.165) is 0 Å². The number of rotatable bonds is 2. The average Bonchev–Trinajstić information content (AvgIpc) is 2.05. The summed E-state index contributed by atoms with van der Waals surface area (Å²) < 4.78 is 0. The topological polar surface area (TPSA) is 23.9 Å². The summed E-state index contributed by atoms with van der Waals surface area (Å²) in [5, 5.41) is 7.45. The molecule has 1 aliphatic carbocycles.